The summed E-state index contributed by atoms with van der Waals surface area (Å²) < 4.78 is 38.7. The normalized spacial score (nSPS) is 11.8. The monoisotopic (exact) mass is 428 g/mol. The van der Waals surface area contributed by atoms with Crippen LogP contribution < -0.4 is 4.74 Å². The summed E-state index contributed by atoms with van der Waals surface area (Å²) >= 11 is 0. The SMILES string of the molecule is COCCOc1ccc(-c2cccn2S(=O)(=O)c2ccc(C)cc2)cc1CN(C)C. The van der Waals surface area contributed by atoms with E-state index >= 15 is 0 Å². The Morgan fingerprint density at radius 1 is 1.00 bits per heavy atom. The van der Waals surface area contributed by atoms with Crippen LogP contribution in [-0.2, 0) is 21.3 Å². The van der Waals surface area contributed by atoms with E-state index in [1.54, 1.807) is 43.6 Å². The van der Waals surface area contributed by atoms with Crippen molar-refractivity contribution in [1.29, 1.82) is 0 Å². The second-order valence-corrected chi connectivity index (χ2v) is 9.22. The van der Waals surface area contributed by atoms with Crippen LogP contribution in [0.2, 0.25) is 0 Å². The molecule has 0 radical (unpaired) electrons. The van der Waals surface area contributed by atoms with E-state index in [9.17, 15) is 8.42 Å². The molecule has 0 atom stereocenters. The van der Waals surface area contributed by atoms with Gasteiger partial charge in [-0.2, -0.15) is 0 Å². The molecule has 0 N–H and O–H groups in total. The predicted octanol–water partition coefficient (Wildman–Crippen LogP) is 3.79. The number of nitrogens with zero attached hydrogens (tertiary/aromatic N) is 2. The third kappa shape index (κ3) is 4.92. The Morgan fingerprint density at radius 3 is 2.40 bits per heavy atom. The summed E-state index contributed by atoms with van der Waals surface area (Å²) in [5.74, 6) is 0.768. The van der Waals surface area contributed by atoms with E-state index in [1.165, 1.54) is 3.97 Å². The molecule has 1 heterocycles. The van der Waals surface area contributed by atoms with Crippen LogP contribution in [0.15, 0.2) is 65.7 Å². The minimum atomic E-state index is -3.70. The van der Waals surface area contributed by atoms with E-state index in [-0.39, 0.29) is 4.90 Å². The smallest absolute Gasteiger partial charge is 0.268 e. The lowest BCUT2D eigenvalue weighted by atomic mass is 10.1. The number of rotatable bonds is 9. The molecule has 2 aromatic carbocycles. The molecule has 0 fully saturated rings. The lowest BCUT2D eigenvalue weighted by Gasteiger charge is -2.17. The second kappa shape index (κ2) is 9.47. The van der Waals surface area contributed by atoms with Gasteiger partial charge in [0, 0.05) is 25.4 Å². The van der Waals surface area contributed by atoms with Gasteiger partial charge in [0.2, 0.25) is 0 Å². The lowest BCUT2D eigenvalue weighted by molar-refractivity contribution is 0.145. The van der Waals surface area contributed by atoms with Crippen molar-refractivity contribution in [2.75, 3.05) is 34.4 Å². The van der Waals surface area contributed by atoms with Crippen LogP contribution in [0.1, 0.15) is 11.1 Å². The first-order valence-electron chi connectivity index (χ1n) is 9.72. The highest BCUT2D eigenvalue weighted by Gasteiger charge is 2.20. The molecular weight excluding hydrogens is 400 g/mol. The molecule has 0 aliphatic carbocycles. The molecule has 0 saturated carbocycles. The van der Waals surface area contributed by atoms with Gasteiger partial charge in [0.15, 0.2) is 0 Å². The number of aryl methyl sites for hydroxylation is 1. The van der Waals surface area contributed by atoms with E-state index < -0.39 is 10.0 Å². The Morgan fingerprint density at radius 2 is 1.73 bits per heavy atom. The summed E-state index contributed by atoms with van der Waals surface area (Å²) in [6, 6.07) is 16.2. The van der Waals surface area contributed by atoms with Gasteiger partial charge in [0.1, 0.15) is 12.4 Å². The van der Waals surface area contributed by atoms with Gasteiger partial charge in [-0.15, -0.1) is 0 Å². The van der Waals surface area contributed by atoms with Crippen molar-refractivity contribution < 1.29 is 17.9 Å². The van der Waals surface area contributed by atoms with Crippen LogP contribution >= 0.6 is 0 Å². The molecule has 0 saturated heterocycles. The van der Waals surface area contributed by atoms with Crippen LogP contribution in [-0.4, -0.2) is 51.7 Å². The molecule has 1 aromatic heterocycles. The number of benzene rings is 2. The number of methoxy groups -OCH3 is 1. The molecule has 0 aliphatic heterocycles. The van der Waals surface area contributed by atoms with E-state index in [1.807, 2.05) is 50.2 Å². The molecule has 7 heteroatoms. The van der Waals surface area contributed by atoms with Crippen molar-refractivity contribution in [3.05, 3.63) is 71.9 Å². The molecule has 3 rings (SSSR count). The Balaban J connectivity index is 2.01. The zero-order chi connectivity index (χ0) is 21.7. The van der Waals surface area contributed by atoms with Crippen LogP contribution in [0.25, 0.3) is 11.3 Å². The average molecular weight is 429 g/mol. The first-order chi connectivity index (χ1) is 14.3. The van der Waals surface area contributed by atoms with Gasteiger partial charge in [0.25, 0.3) is 10.0 Å². The average Bonchev–Trinajstić information content (AvgIpc) is 3.20. The van der Waals surface area contributed by atoms with Gasteiger partial charge in [-0.05, 0) is 69.0 Å². The molecular formula is C23H28N2O4S. The van der Waals surface area contributed by atoms with Gasteiger partial charge in [0.05, 0.1) is 17.2 Å². The van der Waals surface area contributed by atoms with Gasteiger partial charge in [-0.3, -0.25) is 0 Å². The Bertz CT molecular complexity index is 1090. The zero-order valence-electron chi connectivity index (χ0n) is 17.8. The predicted molar refractivity (Wildman–Crippen MR) is 118 cm³/mol. The van der Waals surface area contributed by atoms with E-state index in [0.29, 0.717) is 25.5 Å². The maximum Gasteiger partial charge on any atom is 0.268 e. The quantitative estimate of drug-likeness (QED) is 0.486. The molecule has 3 aromatic rings. The Labute approximate surface area is 178 Å². The fraction of sp³-hybridized carbons (Fsp3) is 0.304. The molecule has 30 heavy (non-hydrogen) atoms. The molecule has 0 spiro atoms. The maximum absolute atomic E-state index is 13.2. The minimum absolute atomic E-state index is 0.263. The number of hydrogen-bond donors (Lipinski definition) is 0. The summed E-state index contributed by atoms with van der Waals surface area (Å²) in [5, 5.41) is 0. The second-order valence-electron chi connectivity index (χ2n) is 7.41. The first-order valence-corrected chi connectivity index (χ1v) is 11.2. The van der Waals surface area contributed by atoms with Gasteiger partial charge in [-0.1, -0.05) is 17.7 Å². The number of aromatic nitrogens is 1. The summed E-state index contributed by atoms with van der Waals surface area (Å²) in [4.78, 5) is 2.31. The van der Waals surface area contributed by atoms with E-state index in [2.05, 4.69) is 0 Å². The summed E-state index contributed by atoms with van der Waals surface area (Å²) in [7, 11) is 1.90. The summed E-state index contributed by atoms with van der Waals surface area (Å²) in [6.45, 7) is 3.55. The molecule has 160 valence electrons. The fourth-order valence-electron chi connectivity index (χ4n) is 3.20. The summed E-state index contributed by atoms with van der Waals surface area (Å²) in [5.41, 5.74) is 3.42. The number of hydrogen-bond acceptors (Lipinski definition) is 5. The standard InChI is InChI=1S/C23H28N2O4S/c1-18-7-10-21(11-8-18)30(26,27)25-13-5-6-22(25)19-9-12-23(29-15-14-28-4)20(16-19)17-24(2)3/h5-13,16H,14-15,17H2,1-4H3. The van der Waals surface area contributed by atoms with Crippen LogP contribution in [0.5, 0.6) is 5.75 Å². The highest BCUT2D eigenvalue weighted by Crippen LogP contribution is 2.30. The zero-order valence-corrected chi connectivity index (χ0v) is 18.6. The van der Waals surface area contributed by atoms with Crippen molar-refractivity contribution in [3.8, 4) is 17.0 Å². The molecule has 0 amide bonds. The van der Waals surface area contributed by atoms with Crippen molar-refractivity contribution in [1.82, 2.24) is 8.87 Å². The van der Waals surface area contributed by atoms with E-state index in [0.717, 1.165) is 22.4 Å². The third-order valence-electron chi connectivity index (χ3n) is 4.68. The van der Waals surface area contributed by atoms with Crippen molar-refractivity contribution in [3.63, 3.8) is 0 Å². The largest absolute Gasteiger partial charge is 0.491 e. The molecule has 0 aliphatic rings. The third-order valence-corrected chi connectivity index (χ3v) is 6.38. The van der Waals surface area contributed by atoms with Gasteiger partial charge in [-0.25, -0.2) is 12.4 Å². The van der Waals surface area contributed by atoms with E-state index in [4.69, 9.17) is 9.47 Å². The Hall–Kier alpha value is -2.61. The summed E-state index contributed by atoms with van der Waals surface area (Å²) in [6.07, 6.45) is 1.58. The molecule has 0 unspecified atom stereocenters. The van der Waals surface area contributed by atoms with Gasteiger partial charge >= 0.3 is 0 Å². The number of ether oxygens (including phenoxy) is 2. The fourth-order valence-corrected chi connectivity index (χ4v) is 4.56. The first kappa shape index (κ1) is 22.1. The molecule has 0 bridgehead atoms. The lowest BCUT2D eigenvalue weighted by Crippen LogP contribution is -2.14. The van der Waals surface area contributed by atoms with Crippen LogP contribution in [0.3, 0.4) is 0 Å². The van der Waals surface area contributed by atoms with Crippen molar-refractivity contribution in [2.45, 2.75) is 18.4 Å². The topological polar surface area (TPSA) is 60.8 Å². The van der Waals surface area contributed by atoms with Crippen molar-refractivity contribution in [2.24, 2.45) is 0 Å². The van der Waals surface area contributed by atoms with Gasteiger partial charge < -0.3 is 14.4 Å². The highest BCUT2D eigenvalue weighted by atomic mass is 32.2. The van der Waals surface area contributed by atoms with Crippen molar-refractivity contribution >= 4 is 10.0 Å². The minimum Gasteiger partial charge on any atom is -0.491 e. The van der Waals surface area contributed by atoms with Crippen LogP contribution in [0.4, 0.5) is 0 Å². The maximum atomic E-state index is 13.2. The van der Waals surface area contributed by atoms with Crippen LogP contribution in [0, 0.1) is 6.92 Å². The Kier molecular flexibility index (Phi) is 6.97. The highest BCUT2D eigenvalue weighted by molar-refractivity contribution is 7.90. The molecule has 6 nitrogen and oxygen atoms in total.